The van der Waals surface area contributed by atoms with E-state index < -0.39 is 7.05 Å². The number of esters is 1. The number of ether oxygens (including phenoxy) is 1. The third kappa shape index (κ3) is 4.75. The van der Waals surface area contributed by atoms with Crippen LogP contribution < -0.4 is 15.9 Å². The maximum Gasteiger partial charge on any atom is 0.333 e. The average molecular weight is 403 g/mol. The molecular weight excluding hydrogens is 377 g/mol. The van der Waals surface area contributed by atoms with Crippen LogP contribution in [0.3, 0.4) is 0 Å². The molecule has 1 unspecified atom stereocenters. The van der Waals surface area contributed by atoms with Gasteiger partial charge >= 0.3 is 5.97 Å². The van der Waals surface area contributed by atoms with Gasteiger partial charge in [0, 0.05) is 21.5 Å². The lowest BCUT2D eigenvalue weighted by Crippen LogP contribution is -2.27. The highest BCUT2D eigenvalue weighted by Crippen LogP contribution is 2.47. The SMILES string of the molecule is C=C(C)C(=O)OCC(C)N=P(c1ccccc1)(c1ccccc1)c1ccccc1. The summed E-state index contributed by atoms with van der Waals surface area (Å²) >= 11 is 0. The summed E-state index contributed by atoms with van der Waals surface area (Å²) in [5.41, 5.74) is 0.396. The number of carbonyl (C=O) groups excluding carboxylic acids is 1. The fourth-order valence-electron chi connectivity index (χ4n) is 3.23. The van der Waals surface area contributed by atoms with E-state index in [0.717, 1.165) is 0 Å². The van der Waals surface area contributed by atoms with Crippen molar-refractivity contribution in [1.29, 1.82) is 0 Å². The molecule has 1 atom stereocenters. The lowest BCUT2D eigenvalue weighted by Gasteiger charge is -2.28. The van der Waals surface area contributed by atoms with E-state index in [9.17, 15) is 4.79 Å². The van der Waals surface area contributed by atoms with Crippen molar-refractivity contribution in [3.63, 3.8) is 0 Å². The molecule has 29 heavy (non-hydrogen) atoms. The molecule has 3 rings (SSSR count). The van der Waals surface area contributed by atoms with Crippen LogP contribution in [0.1, 0.15) is 13.8 Å². The summed E-state index contributed by atoms with van der Waals surface area (Å²) < 4.78 is 10.8. The molecule has 0 heterocycles. The predicted octanol–water partition coefficient (Wildman–Crippen LogP) is 4.67. The Morgan fingerprint density at radius 1 is 0.862 bits per heavy atom. The van der Waals surface area contributed by atoms with Crippen LogP contribution in [-0.4, -0.2) is 18.6 Å². The number of hydrogen-bond acceptors (Lipinski definition) is 3. The highest BCUT2D eigenvalue weighted by atomic mass is 31.2. The summed E-state index contributed by atoms with van der Waals surface area (Å²) in [5, 5.41) is 3.53. The molecule has 3 aromatic rings. The highest BCUT2D eigenvalue weighted by molar-refractivity contribution is 7.87. The summed E-state index contributed by atoms with van der Waals surface area (Å²) in [6.07, 6.45) is 0. The minimum atomic E-state index is -2.28. The molecule has 0 radical (unpaired) electrons. The standard InChI is InChI=1S/C25H26NO2P/c1-20(2)25(27)28-19-21(3)26-29(22-13-7-4-8-14-22,23-15-9-5-10-16-23)24-17-11-6-12-18-24/h4-18,21H,1,19H2,2-3H3. The molecule has 0 aliphatic heterocycles. The van der Waals surface area contributed by atoms with E-state index in [0.29, 0.717) is 5.57 Å². The minimum Gasteiger partial charge on any atom is -0.460 e. The Morgan fingerprint density at radius 3 is 1.59 bits per heavy atom. The Kier molecular flexibility index (Phi) is 6.85. The van der Waals surface area contributed by atoms with E-state index in [1.54, 1.807) is 6.92 Å². The molecule has 0 aliphatic carbocycles. The molecule has 0 spiro atoms. The Labute approximate surface area is 173 Å². The molecule has 0 bridgehead atoms. The van der Waals surface area contributed by atoms with Gasteiger partial charge in [-0.1, -0.05) is 97.6 Å². The van der Waals surface area contributed by atoms with E-state index in [2.05, 4.69) is 79.4 Å². The van der Waals surface area contributed by atoms with Gasteiger partial charge in [-0.25, -0.2) is 4.79 Å². The van der Waals surface area contributed by atoms with Gasteiger partial charge in [0.2, 0.25) is 0 Å². The highest BCUT2D eigenvalue weighted by Gasteiger charge is 2.28. The Morgan fingerprint density at radius 2 is 1.24 bits per heavy atom. The number of nitrogens with zero attached hydrogens (tertiary/aromatic N) is 1. The summed E-state index contributed by atoms with van der Waals surface area (Å²) in [4.78, 5) is 11.9. The van der Waals surface area contributed by atoms with E-state index >= 15 is 0 Å². The van der Waals surface area contributed by atoms with Gasteiger partial charge in [-0.2, -0.15) is 0 Å². The smallest absolute Gasteiger partial charge is 0.333 e. The molecule has 0 N–H and O–H groups in total. The van der Waals surface area contributed by atoms with Crippen molar-refractivity contribution in [2.45, 2.75) is 19.9 Å². The monoisotopic (exact) mass is 403 g/mol. The third-order valence-corrected chi connectivity index (χ3v) is 8.44. The number of benzene rings is 3. The molecule has 4 heteroatoms. The van der Waals surface area contributed by atoms with Crippen molar-refractivity contribution in [2.24, 2.45) is 4.74 Å². The van der Waals surface area contributed by atoms with Crippen LogP contribution >= 0.6 is 7.05 Å². The van der Waals surface area contributed by atoms with Crippen LogP contribution in [0, 0.1) is 0 Å². The second-order valence-electron chi connectivity index (χ2n) is 6.99. The lowest BCUT2D eigenvalue weighted by molar-refractivity contribution is -0.139. The first kappa shape index (κ1) is 20.8. The molecule has 3 aromatic carbocycles. The van der Waals surface area contributed by atoms with Crippen LogP contribution in [0.2, 0.25) is 0 Å². The molecule has 0 amide bonds. The zero-order valence-corrected chi connectivity index (χ0v) is 17.8. The zero-order chi connectivity index (χ0) is 20.7. The van der Waals surface area contributed by atoms with E-state index in [1.165, 1.54) is 15.9 Å². The van der Waals surface area contributed by atoms with Crippen molar-refractivity contribution < 1.29 is 9.53 Å². The normalized spacial score (nSPS) is 12.1. The van der Waals surface area contributed by atoms with E-state index in [1.807, 2.05) is 25.1 Å². The zero-order valence-electron chi connectivity index (χ0n) is 16.9. The second kappa shape index (κ2) is 9.54. The van der Waals surface area contributed by atoms with Crippen LogP contribution in [0.5, 0.6) is 0 Å². The summed E-state index contributed by atoms with van der Waals surface area (Å²) in [6.45, 7) is 7.52. The number of carbonyl (C=O) groups is 1. The molecule has 0 aromatic heterocycles. The quantitative estimate of drug-likeness (QED) is 0.327. The maximum atomic E-state index is 11.9. The number of hydrogen-bond donors (Lipinski definition) is 0. The van der Waals surface area contributed by atoms with Crippen molar-refractivity contribution in [1.82, 2.24) is 0 Å². The summed E-state index contributed by atoms with van der Waals surface area (Å²) in [6, 6.07) is 31.1. The van der Waals surface area contributed by atoms with Crippen molar-refractivity contribution in [3.8, 4) is 0 Å². The first-order valence-electron chi connectivity index (χ1n) is 9.65. The van der Waals surface area contributed by atoms with Gasteiger partial charge in [0.05, 0.1) is 13.1 Å². The average Bonchev–Trinajstić information content (AvgIpc) is 2.77. The Hall–Kier alpha value is -2.90. The van der Waals surface area contributed by atoms with Crippen LogP contribution in [0.15, 0.2) is 108 Å². The minimum absolute atomic E-state index is 0.174. The summed E-state index contributed by atoms with van der Waals surface area (Å²) in [7, 11) is -2.28. The fourth-order valence-corrected chi connectivity index (χ4v) is 6.99. The molecule has 0 fully saturated rings. The van der Waals surface area contributed by atoms with Gasteiger partial charge in [0.15, 0.2) is 0 Å². The van der Waals surface area contributed by atoms with Gasteiger partial charge in [-0.3, -0.25) is 4.74 Å². The molecular formula is C25H26NO2P. The van der Waals surface area contributed by atoms with Gasteiger partial charge in [0.25, 0.3) is 0 Å². The largest absolute Gasteiger partial charge is 0.460 e. The van der Waals surface area contributed by atoms with Gasteiger partial charge in [0.1, 0.15) is 6.61 Å². The topological polar surface area (TPSA) is 38.7 Å². The van der Waals surface area contributed by atoms with Gasteiger partial charge in [-0.15, -0.1) is 0 Å². The number of rotatable bonds is 7. The first-order chi connectivity index (χ1) is 14.0. The van der Waals surface area contributed by atoms with Gasteiger partial charge < -0.3 is 4.74 Å². The van der Waals surface area contributed by atoms with E-state index in [-0.39, 0.29) is 18.6 Å². The molecule has 0 aliphatic rings. The maximum absolute atomic E-state index is 11.9. The van der Waals surface area contributed by atoms with Crippen LogP contribution in [-0.2, 0) is 9.53 Å². The van der Waals surface area contributed by atoms with Crippen LogP contribution in [0.25, 0.3) is 0 Å². The van der Waals surface area contributed by atoms with Crippen molar-refractivity contribution in [3.05, 3.63) is 103 Å². The summed E-state index contributed by atoms with van der Waals surface area (Å²) in [5.74, 6) is -0.380. The Bertz CT molecular complexity index is 911. The van der Waals surface area contributed by atoms with Crippen molar-refractivity contribution in [2.75, 3.05) is 6.61 Å². The van der Waals surface area contributed by atoms with Crippen molar-refractivity contribution >= 4 is 28.9 Å². The van der Waals surface area contributed by atoms with Gasteiger partial charge in [-0.05, 0) is 13.8 Å². The third-order valence-electron chi connectivity index (χ3n) is 4.56. The molecule has 0 saturated heterocycles. The molecule has 3 nitrogen and oxygen atoms in total. The van der Waals surface area contributed by atoms with E-state index in [4.69, 9.17) is 9.48 Å². The fraction of sp³-hybridized carbons (Fsp3) is 0.160. The molecule has 0 saturated carbocycles. The molecule has 148 valence electrons. The predicted molar refractivity (Wildman–Crippen MR) is 123 cm³/mol. The lowest BCUT2D eigenvalue weighted by atomic mass is 10.3. The Balaban J connectivity index is 2.20. The second-order valence-corrected chi connectivity index (χ2v) is 10.0. The van der Waals surface area contributed by atoms with Crippen LogP contribution in [0.4, 0.5) is 0 Å². The first-order valence-corrected chi connectivity index (χ1v) is 11.4.